The zero-order valence-electron chi connectivity index (χ0n) is 10.2. The van der Waals surface area contributed by atoms with Crippen LogP contribution in [0, 0.1) is 5.82 Å². The lowest BCUT2D eigenvalue weighted by molar-refractivity contribution is 0.215. The minimum absolute atomic E-state index is 0.288. The van der Waals surface area contributed by atoms with Crippen molar-refractivity contribution in [2.75, 3.05) is 11.9 Å². The van der Waals surface area contributed by atoms with Crippen molar-refractivity contribution in [1.82, 2.24) is 0 Å². The van der Waals surface area contributed by atoms with Gasteiger partial charge in [-0.15, -0.1) is 0 Å². The van der Waals surface area contributed by atoms with Crippen LogP contribution in [0.15, 0.2) is 40.9 Å². The number of fused-ring (bicyclic) bond motifs is 1. The van der Waals surface area contributed by atoms with Crippen LogP contribution in [0.1, 0.15) is 22.8 Å². The molecular formula is C15H13BrFNO. The van der Waals surface area contributed by atoms with Crippen LogP contribution in [0.3, 0.4) is 0 Å². The second-order valence-corrected chi connectivity index (χ2v) is 5.46. The molecule has 0 saturated heterocycles. The topological polar surface area (TPSA) is 32.3 Å². The van der Waals surface area contributed by atoms with Crippen molar-refractivity contribution in [2.24, 2.45) is 0 Å². The molecule has 19 heavy (non-hydrogen) atoms. The molecule has 0 radical (unpaired) electrons. The first-order valence-electron chi connectivity index (χ1n) is 6.16. The van der Waals surface area contributed by atoms with Gasteiger partial charge in [0.05, 0.1) is 4.47 Å². The highest BCUT2D eigenvalue weighted by molar-refractivity contribution is 9.10. The first-order chi connectivity index (χ1) is 9.18. The highest BCUT2D eigenvalue weighted by Crippen LogP contribution is 2.35. The molecule has 0 aliphatic carbocycles. The van der Waals surface area contributed by atoms with Gasteiger partial charge < -0.3 is 10.4 Å². The molecule has 3 rings (SSSR count). The average molecular weight is 322 g/mol. The fourth-order valence-electron chi connectivity index (χ4n) is 2.49. The first-order valence-corrected chi connectivity index (χ1v) is 6.95. The lowest BCUT2D eigenvalue weighted by Gasteiger charge is -2.16. The van der Waals surface area contributed by atoms with Gasteiger partial charge in [0.1, 0.15) is 11.9 Å². The quantitative estimate of drug-likeness (QED) is 0.885. The van der Waals surface area contributed by atoms with E-state index in [1.807, 2.05) is 18.2 Å². The van der Waals surface area contributed by atoms with Gasteiger partial charge in [0.2, 0.25) is 0 Å². The third kappa shape index (κ3) is 2.15. The number of aliphatic hydroxyl groups excluding tert-OH is 1. The number of hydrogen-bond acceptors (Lipinski definition) is 2. The van der Waals surface area contributed by atoms with E-state index in [1.165, 1.54) is 5.56 Å². The molecule has 0 spiro atoms. The molecule has 2 aromatic carbocycles. The van der Waals surface area contributed by atoms with Crippen molar-refractivity contribution < 1.29 is 9.50 Å². The number of halogens is 2. The van der Waals surface area contributed by atoms with Gasteiger partial charge in [0.25, 0.3) is 0 Å². The molecule has 1 heterocycles. The molecule has 4 heteroatoms. The first kappa shape index (κ1) is 12.6. The molecule has 0 aromatic heterocycles. The van der Waals surface area contributed by atoms with E-state index in [1.54, 1.807) is 18.2 Å². The summed E-state index contributed by atoms with van der Waals surface area (Å²) in [7, 11) is 0. The molecule has 0 amide bonds. The fourth-order valence-corrected chi connectivity index (χ4v) is 2.87. The molecule has 1 unspecified atom stereocenters. The monoisotopic (exact) mass is 321 g/mol. The van der Waals surface area contributed by atoms with Gasteiger partial charge in [0.15, 0.2) is 0 Å². The lowest BCUT2D eigenvalue weighted by Crippen LogP contribution is -2.06. The number of anilines is 1. The van der Waals surface area contributed by atoms with Gasteiger partial charge in [-0.3, -0.25) is 0 Å². The number of nitrogens with one attached hydrogen (secondary N) is 1. The van der Waals surface area contributed by atoms with Crippen molar-refractivity contribution in [3.8, 4) is 0 Å². The summed E-state index contributed by atoms with van der Waals surface area (Å²) >= 11 is 3.15. The molecule has 1 atom stereocenters. The Morgan fingerprint density at radius 3 is 2.74 bits per heavy atom. The van der Waals surface area contributed by atoms with Crippen LogP contribution in [0.25, 0.3) is 0 Å². The van der Waals surface area contributed by atoms with Crippen molar-refractivity contribution in [3.63, 3.8) is 0 Å². The van der Waals surface area contributed by atoms with Crippen LogP contribution in [0.2, 0.25) is 0 Å². The third-order valence-electron chi connectivity index (χ3n) is 3.45. The van der Waals surface area contributed by atoms with E-state index in [0.717, 1.165) is 24.2 Å². The summed E-state index contributed by atoms with van der Waals surface area (Å²) in [4.78, 5) is 0. The third-order valence-corrected chi connectivity index (χ3v) is 4.06. The van der Waals surface area contributed by atoms with E-state index in [4.69, 9.17) is 0 Å². The maximum Gasteiger partial charge on any atom is 0.143 e. The molecule has 1 aliphatic rings. The Kier molecular flexibility index (Phi) is 3.29. The normalized spacial score (nSPS) is 14.9. The highest BCUT2D eigenvalue weighted by Gasteiger charge is 2.22. The van der Waals surface area contributed by atoms with Crippen LogP contribution in [-0.4, -0.2) is 11.7 Å². The van der Waals surface area contributed by atoms with Gasteiger partial charge in [-0.2, -0.15) is 0 Å². The van der Waals surface area contributed by atoms with E-state index < -0.39 is 11.9 Å². The van der Waals surface area contributed by atoms with Gasteiger partial charge in [-0.1, -0.05) is 30.3 Å². The Morgan fingerprint density at radius 2 is 1.89 bits per heavy atom. The largest absolute Gasteiger partial charge is 0.384 e. The number of aliphatic hydroxyl groups is 1. The Morgan fingerprint density at radius 1 is 1.16 bits per heavy atom. The minimum Gasteiger partial charge on any atom is -0.384 e. The number of para-hydroxylation sites is 1. The maximum atomic E-state index is 14.1. The SMILES string of the molecule is OC(c1cccc(Br)c1F)c1cccc2c1NCC2. The summed E-state index contributed by atoms with van der Waals surface area (Å²) in [6.45, 7) is 0.861. The van der Waals surface area contributed by atoms with Gasteiger partial charge in [0, 0.05) is 23.4 Å². The second-order valence-electron chi connectivity index (χ2n) is 4.60. The highest BCUT2D eigenvalue weighted by atomic mass is 79.9. The lowest BCUT2D eigenvalue weighted by atomic mass is 9.97. The molecule has 2 aromatic rings. The zero-order chi connectivity index (χ0) is 13.4. The van der Waals surface area contributed by atoms with E-state index >= 15 is 0 Å². The smallest absolute Gasteiger partial charge is 0.143 e. The summed E-state index contributed by atoms with van der Waals surface area (Å²) in [6, 6.07) is 10.7. The average Bonchev–Trinajstić information content (AvgIpc) is 2.89. The summed E-state index contributed by atoms with van der Waals surface area (Å²) in [5, 5.41) is 13.7. The van der Waals surface area contributed by atoms with Crippen LogP contribution >= 0.6 is 15.9 Å². The Balaban J connectivity index is 2.08. The second kappa shape index (κ2) is 4.94. The Hall–Kier alpha value is -1.39. The Labute approximate surface area is 119 Å². The summed E-state index contributed by atoms with van der Waals surface area (Å²) < 4.78 is 14.4. The molecule has 0 bridgehead atoms. The molecule has 1 aliphatic heterocycles. The summed E-state index contributed by atoms with van der Waals surface area (Å²) in [5.41, 5.74) is 3.13. The van der Waals surface area contributed by atoms with Gasteiger partial charge in [-0.25, -0.2) is 4.39 Å². The van der Waals surface area contributed by atoms with E-state index in [2.05, 4.69) is 21.2 Å². The maximum absolute atomic E-state index is 14.1. The Bertz CT molecular complexity index is 630. The van der Waals surface area contributed by atoms with Crippen molar-refractivity contribution in [1.29, 1.82) is 0 Å². The predicted octanol–water partition coefficient (Wildman–Crippen LogP) is 3.64. The number of hydrogen-bond donors (Lipinski definition) is 2. The van der Waals surface area contributed by atoms with E-state index in [9.17, 15) is 9.50 Å². The number of rotatable bonds is 2. The molecule has 2 nitrogen and oxygen atoms in total. The van der Waals surface area contributed by atoms with Crippen molar-refractivity contribution >= 4 is 21.6 Å². The van der Waals surface area contributed by atoms with Crippen LogP contribution < -0.4 is 5.32 Å². The molecular weight excluding hydrogens is 309 g/mol. The van der Waals surface area contributed by atoms with Crippen molar-refractivity contribution in [2.45, 2.75) is 12.5 Å². The molecule has 0 fully saturated rings. The number of benzene rings is 2. The van der Waals surface area contributed by atoms with Crippen LogP contribution in [-0.2, 0) is 6.42 Å². The zero-order valence-corrected chi connectivity index (χ0v) is 11.7. The van der Waals surface area contributed by atoms with Gasteiger partial charge >= 0.3 is 0 Å². The summed E-state index contributed by atoms with van der Waals surface area (Å²) in [6.07, 6.45) is -0.0188. The van der Waals surface area contributed by atoms with Crippen molar-refractivity contribution in [3.05, 3.63) is 63.4 Å². The standard InChI is InChI=1S/C15H13BrFNO/c16-12-6-2-4-10(13(12)17)15(19)11-5-1-3-9-7-8-18-14(9)11/h1-6,15,18-19H,7-8H2. The predicted molar refractivity (Wildman–Crippen MR) is 76.8 cm³/mol. The summed E-state index contributed by atoms with van der Waals surface area (Å²) in [5.74, 6) is -0.411. The molecule has 0 saturated carbocycles. The fraction of sp³-hybridized carbons (Fsp3) is 0.200. The van der Waals surface area contributed by atoms with E-state index in [-0.39, 0.29) is 5.56 Å². The minimum atomic E-state index is -0.960. The van der Waals surface area contributed by atoms with Crippen LogP contribution in [0.5, 0.6) is 0 Å². The van der Waals surface area contributed by atoms with Crippen LogP contribution in [0.4, 0.5) is 10.1 Å². The van der Waals surface area contributed by atoms with Gasteiger partial charge in [-0.05, 0) is 34.0 Å². The van der Waals surface area contributed by atoms with E-state index in [0.29, 0.717) is 4.47 Å². The molecule has 98 valence electrons. The molecule has 2 N–H and O–H groups in total.